The fourth-order valence-corrected chi connectivity index (χ4v) is 2.73. The first kappa shape index (κ1) is 14.6. The van der Waals surface area contributed by atoms with Crippen molar-refractivity contribution in [3.63, 3.8) is 0 Å². The van der Waals surface area contributed by atoms with Crippen molar-refractivity contribution in [3.8, 4) is 5.75 Å². The summed E-state index contributed by atoms with van der Waals surface area (Å²) in [6.07, 6.45) is 5.08. The van der Waals surface area contributed by atoms with Crippen LogP contribution in [0.4, 0.5) is 0 Å². The van der Waals surface area contributed by atoms with Gasteiger partial charge in [0, 0.05) is 37.8 Å². The Balaban J connectivity index is 1.43. The molecular weight excluding hydrogens is 278 g/mol. The van der Waals surface area contributed by atoms with Crippen molar-refractivity contribution in [2.75, 3.05) is 13.2 Å². The highest BCUT2D eigenvalue weighted by atomic mass is 16.5. The number of carbonyl (C=O) groups excluding carboxylic acids is 1. The van der Waals surface area contributed by atoms with Crippen LogP contribution in [0.3, 0.4) is 0 Å². The lowest BCUT2D eigenvalue weighted by Crippen LogP contribution is -2.35. The van der Waals surface area contributed by atoms with Gasteiger partial charge in [0.1, 0.15) is 11.6 Å². The van der Waals surface area contributed by atoms with Crippen LogP contribution < -0.4 is 10.1 Å². The summed E-state index contributed by atoms with van der Waals surface area (Å²) in [4.78, 5) is 16.1. The number of rotatable bonds is 5. The molecule has 5 heteroatoms. The standard InChI is InChI=1S/C17H21N3O2/c1-13-18-7-9-20(13)8-6-17(21)19-11-14-10-15-4-2-3-5-16(15)22-12-14/h2-5,7,9,14H,6,8,10-12H2,1H3,(H,19,21)/t14-/m0/s1. The maximum Gasteiger partial charge on any atom is 0.221 e. The lowest BCUT2D eigenvalue weighted by atomic mass is 9.97. The van der Waals surface area contributed by atoms with Gasteiger partial charge in [-0.2, -0.15) is 0 Å². The maximum atomic E-state index is 12.0. The topological polar surface area (TPSA) is 56.2 Å². The molecule has 0 aliphatic carbocycles. The highest BCUT2D eigenvalue weighted by Crippen LogP contribution is 2.26. The molecule has 1 atom stereocenters. The average molecular weight is 299 g/mol. The van der Waals surface area contributed by atoms with E-state index >= 15 is 0 Å². The number of para-hydroxylation sites is 1. The minimum atomic E-state index is 0.0759. The van der Waals surface area contributed by atoms with Crippen LogP contribution in [0.1, 0.15) is 17.8 Å². The monoisotopic (exact) mass is 299 g/mol. The number of aryl methyl sites for hydroxylation is 2. The fourth-order valence-electron chi connectivity index (χ4n) is 2.73. The number of hydrogen-bond acceptors (Lipinski definition) is 3. The number of amides is 1. The number of ether oxygens (including phenoxy) is 1. The van der Waals surface area contributed by atoms with Crippen molar-refractivity contribution < 1.29 is 9.53 Å². The van der Waals surface area contributed by atoms with E-state index < -0.39 is 0 Å². The highest BCUT2D eigenvalue weighted by Gasteiger charge is 2.19. The Kier molecular flexibility index (Phi) is 4.42. The smallest absolute Gasteiger partial charge is 0.221 e. The third-order valence-electron chi connectivity index (χ3n) is 4.05. The zero-order valence-electron chi connectivity index (χ0n) is 12.8. The molecule has 1 aliphatic rings. The number of carbonyl (C=O) groups is 1. The molecule has 22 heavy (non-hydrogen) atoms. The Labute approximate surface area is 130 Å². The van der Waals surface area contributed by atoms with Gasteiger partial charge in [-0.3, -0.25) is 4.79 Å². The molecule has 0 spiro atoms. The summed E-state index contributed by atoms with van der Waals surface area (Å²) in [5.41, 5.74) is 1.22. The second-order valence-corrected chi connectivity index (χ2v) is 5.71. The first-order valence-electron chi connectivity index (χ1n) is 7.67. The quantitative estimate of drug-likeness (QED) is 0.918. The van der Waals surface area contributed by atoms with E-state index in [1.807, 2.05) is 35.9 Å². The van der Waals surface area contributed by atoms with E-state index in [9.17, 15) is 4.79 Å². The molecule has 1 aromatic carbocycles. The van der Waals surface area contributed by atoms with Gasteiger partial charge in [-0.05, 0) is 25.0 Å². The van der Waals surface area contributed by atoms with Gasteiger partial charge in [-0.1, -0.05) is 18.2 Å². The van der Waals surface area contributed by atoms with E-state index in [-0.39, 0.29) is 5.91 Å². The van der Waals surface area contributed by atoms with Crippen molar-refractivity contribution >= 4 is 5.91 Å². The molecule has 3 rings (SSSR count). The molecule has 1 amide bonds. The van der Waals surface area contributed by atoms with Crippen LogP contribution in [0, 0.1) is 12.8 Å². The van der Waals surface area contributed by atoms with E-state index in [1.165, 1.54) is 5.56 Å². The zero-order valence-corrected chi connectivity index (χ0v) is 12.8. The van der Waals surface area contributed by atoms with E-state index in [0.29, 0.717) is 32.0 Å². The van der Waals surface area contributed by atoms with Gasteiger partial charge in [0.25, 0.3) is 0 Å². The summed E-state index contributed by atoms with van der Waals surface area (Å²) >= 11 is 0. The lowest BCUT2D eigenvalue weighted by molar-refractivity contribution is -0.121. The SMILES string of the molecule is Cc1nccn1CCC(=O)NC[C@H]1COc2ccccc2C1. The molecule has 0 unspecified atom stereocenters. The molecule has 116 valence electrons. The fraction of sp³-hybridized carbons (Fsp3) is 0.412. The maximum absolute atomic E-state index is 12.0. The molecule has 0 saturated carbocycles. The van der Waals surface area contributed by atoms with Crippen LogP contribution in [0.5, 0.6) is 5.75 Å². The van der Waals surface area contributed by atoms with Crippen molar-refractivity contribution in [1.82, 2.24) is 14.9 Å². The minimum absolute atomic E-state index is 0.0759. The number of aromatic nitrogens is 2. The minimum Gasteiger partial charge on any atom is -0.493 e. The number of hydrogen-bond donors (Lipinski definition) is 1. The van der Waals surface area contributed by atoms with Crippen LogP contribution in [0.25, 0.3) is 0 Å². The molecule has 2 aromatic rings. The van der Waals surface area contributed by atoms with Gasteiger partial charge in [0.05, 0.1) is 6.61 Å². The van der Waals surface area contributed by atoms with Crippen LogP contribution in [0.15, 0.2) is 36.7 Å². The summed E-state index contributed by atoms with van der Waals surface area (Å²) < 4.78 is 7.72. The molecule has 0 bridgehead atoms. The van der Waals surface area contributed by atoms with E-state index in [4.69, 9.17) is 4.74 Å². The van der Waals surface area contributed by atoms with Crippen LogP contribution in [-0.4, -0.2) is 28.6 Å². The second kappa shape index (κ2) is 6.64. The number of nitrogens with one attached hydrogen (secondary N) is 1. The molecule has 0 saturated heterocycles. The van der Waals surface area contributed by atoms with Gasteiger partial charge in [0.2, 0.25) is 5.91 Å². The predicted molar refractivity (Wildman–Crippen MR) is 83.7 cm³/mol. The molecule has 0 radical (unpaired) electrons. The number of nitrogens with zero attached hydrogens (tertiary/aromatic N) is 2. The molecule has 5 nitrogen and oxygen atoms in total. The largest absolute Gasteiger partial charge is 0.493 e. The van der Waals surface area contributed by atoms with Gasteiger partial charge in [-0.25, -0.2) is 4.98 Å². The highest BCUT2D eigenvalue weighted by molar-refractivity contribution is 5.75. The summed E-state index contributed by atoms with van der Waals surface area (Å²) in [5, 5.41) is 3.01. The van der Waals surface area contributed by atoms with Gasteiger partial charge in [0.15, 0.2) is 0 Å². The van der Waals surface area contributed by atoms with Crippen molar-refractivity contribution in [2.45, 2.75) is 26.3 Å². The third kappa shape index (κ3) is 3.47. The summed E-state index contributed by atoms with van der Waals surface area (Å²) in [5.74, 6) is 2.33. The van der Waals surface area contributed by atoms with Crippen LogP contribution in [-0.2, 0) is 17.8 Å². The van der Waals surface area contributed by atoms with E-state index in [1.54, 1.807) is 6.20 Å². The Hall–Kier alpha value is -2.30. The first-order valence-corrected chi connectivity index (χ1v) is 7.67. The van der Waals surface area contributed by atoms with Crippen molar-refractivity contribution in [1.29, 1.82) is 0 Å². The number of benzene rings is 1. The normalized spacial score (nSPS) is 16.7. The van der Waals surface area contributed by atoms with Crippen molar-refractivity contribution in [2.24, 2.45) is 5.92 Å². The average Bonchev–Trinajstić information content (AvgIpc) is 2.96. The van der Waals surface area contributed by atoms with Gasteiger partial charge in [-0.15, -0.1) is 0 Å². The Morgan fingerprint density at radius 1 is 1.45 bits per heavy atom. The molecular formula is C17H21N3O2. The van der Waals surface area contributed by atoms with Crippen LogP contribution >= 0.6 is 0 Å². The van der Waals surface area contributed by atoms with E-state index in [2.05, 4.69) is 16.4 Å². The van der Waals surface area contributed by atoms with E-state index in [0.717, 1.165) is 18.0 Å². The predicted octanol–water partition coefficient (Wildman–Crippen LogP) is 1.95. The molecule has 0 fully saturated rings. The summed E-state index contributed by atoms with van der Waals surface area (Å²) in [6, 6.07) is 8.10. The van der Waals surface area contributed by atoms with Crippen molar-refractivity contribution in [3.05, 3.63) is 48.0 Å². The van der Waals surface area contributed by atoms with Crippen LogP contribution in [0.2, 0.25) is 0 Å². The molecule has 1 aromatic heterocycles. The molecule has 2 heterocycles. The van der Waals surface area contributed by atoms with Gasteiger partial charge >= 0.3 is 0 Å². The lowest BCUT2D eigenvalue weighted by Gasteiger charge is -2.25. The third-order valence-corrected chi connectivity index (χ3v) is 4.05. The molecule has 1 aliphatic heterocycles. The summed E-state index contributed by atoms with van der Waals surface area (Å²) in [7, 11) is 0. The first-order chi connectivity index (χ1) is 10.7. The number of fused-ring (bicyclic) bond motifs is 1. The Morgan fingerprint density at radius 2 is 2.32 bits per heavy atom. The zero-order chi connectivity index (χ0) is 15.4. The Bertz CT molecular complexity index is 651. The molecule has 1 N–H and O–H groups in total. The second-order valence-electron chi connectivity index (χ2n) is 5.71. The Morgan fingerprint density at radius 3 is 3.14 bits per heavy atom. The summed E-state index contributed by atoms with van der Waals surface area (Å²) in [6.45, 7) is 3.93. The van der Waals surface area contributed by atoms with Gasteiger partial charge < -0.3 is 14.6 Å². The number of imidazole rings is 1.